The molecule has 4 aliphatic carbocycles. The highest BCUT2D eigenvalue weighted by atomic mass is 35.5. The third-order valence-corrected chi connectivity index (χ3v) is 4.97. The first-order chi connectivity index (χ1) is 7.72. The van der Waals surface area contributed by atoms with Crippen molar-refractivity contribution < 1.29 is 0 Å². The summed E-state index contributed by atoms with van der Waals surface area (Å²) in [6.45, 7) is 4.40. The predicted molar refractivity (Wildman–Crippen MR) is 74.5 cm³/mol. The van der Waals surface area contributed by atoms with Gasteiger partial charge in [-0.25, -0.2) is 0 Å². The van der Waals surface area contributed by atoms with Gasteiger partial charge in [0, 0.05) is 5.41 Å². The molecule has 4 rings (SSSR count). The van der Waals surface area contributed by atoms with E-state index in [1.165, 1.54) is 38.5 Å². The molecule has 4 aliphatic rings. The second kappa shape index (κ2) is 4.64. The fourth-order valence-corrected chi connectivity index (χ4v) is 4.75. The van der Waals surface area contributed by atoms with Crippen molar-refractivity contribution in [3.8, 4) is 0 Å². The lowest BCUT2D eigenvalue weighted by molar-refractivity contribution is -0.0130. The van der Waals surface area contributed by atoms with E-state index in [0.29, 0.717) is 6.54 Å². The minimum Gasteiger partial charge on any atom is -0.387 e. The van der Waals surface area contributed by atoms with E-state index < -0.39 is 0 Å². The van der Waals surface area contributed by atoms with Gasteiger partial charge in [-0.15, -0.1) is 19.0 Å². The second-order valence-electron chi connectivity index (χ2n) is 6.21. The van der Waals surface area contributed by atoms with Crippen LogP contribution in [-0.2, 0) is 0 Å². The smallest absolute Gasteiger partial charge is 0.100 e. The first-order valence-corrected chi connectivity index (χ1v) is 6.63. The van der Waals surface area contributed by atoms with E-state index in [-0.39, 0.29) is 17.8 Å². The summed E-state index contributed by atoms with van der Waals surface area (Å²) in [6.07, 6.45) is 10.2. The van der Waals surface area contributed by atoms with Gasteiger partial charge in [0.2, 0.25) is 0 Å². The molecule has 4 saturated carbocycles. The van der Waals surface area contributed by atoms with Crippen LogP contribution in [0.25, 0.3) is 0 Å². The Hall–Kier alpha value is -0.500. The molecular formula is C14H23ClN2. The number of amidine groups is 1. The Morgan fingerprint density at radius 1 is 1.18 bits per heavy atom. The maximum Gasteiger partial charge on any atom is 0.100 e. The van der Waals surface area contributed by atoms with Crippen molar-refractivity contribution in [2.75, 3.05) is 6.54 Å². The van der Waals surface area contributed by atoms with Crippen molar-refractivity contribution in [3.63, 3.8) is 0 Å². The lowest BCUT2D eigenvalue weighted by Gasteiger charge is -2.56. The Labute approximate surface area is 110 Å². The fraction of sp³-hybridized carbons (Fsp3) is 0.786. The van der Waals surface area contributed by atoms with Gasteiger partial charge in [0.05, 0.1) is 6.54 Å². The summed E-state index contributed by atoms with van der Waals surface area (Å²) < 4.78 is 0. The van der Waals surface area contributed by atoms with Crippen LogP contribution in [-0.4, -0.2) is 12.4 Å². The molecule has 17 heavy (non-hydrogen) atoms. The highest BCUT2D eigenvalue weighted by Gasteiger charge is 2.52. The molecule has 2 nitrogen and oxygen atoms in total. The highest BCUT2D eigenvalue weighted by Crippen LogP contribution is 2.60. The zero-order valence-electron chi connectivity index (χ0n) is 10.4. The van der Waals surface area contributed by atoms with E-state index in [2.05, 4.69) is 11.6 Å². The molecule has 0 aliphatic heterocycles. The lowest BCUT2D eigenvalue weighted by Crippen LogP contribution is -2.52. The molecule has 0 heterocycles. The Bertz CT molecular complexity index is 300. The Morgan fingerprint density at radius 3 is 2.06 bits per heavy atom. The number of rotatable bonds is 3. The van der Waals surface area contributed by atoms with Crippen LogP contribution in [0.1, 0.15) is 38.5 Å². The van der Waals surface area contributed by atoms with Gasteiger partial charge in [-0.2, -0.15) is 0 Å². The quantitative estimate of drug-likeness (QED) is 0.469. The Balaban J connectivity index is 0.00000108. The molecule has 0 unspecified atom stereocenters. The van der Waals surface area contributed by atoms with Gasteiger partial charge in [0.1, 0.15) is 5.84 Å². The van der Waals surface area contributed by atoms with Crippen LogP contribution in [0.2, 0.25) is 0 Å². The first kappa shape index (κ1) is 12.9. The van der Waals surface area contributed by atoms with Crippen molar-refractivity contribution in [1.82, 2.24) is 0 Å². The van der Waals surface area contributed by atoms with Gasteiger partial charge in [0.25, 0.3) is 0 Å². The van der Waals surface area contributed by atoms with Crippen molar-refractivity contribution in [3.05, 3.63) is 12.7 Å². The Kier molecular flexibility index (Phi) is 3.53. The summed E-state index contributed by atoms with van der Waals surface area (Å²) in [5.74, 6) is 3.78. The molecule has 0 radical (unpaired) electrons. The SMILES string of the molecule is C=CCN=C(N)C12CC3CC(CC(C3)C1)C2.Cl. The number of hydrogen-bond acceptors (Lipinski definition) is 1. The molecule has 0 aromatic rings. The highest BCUT2D eigenvalue weighted by molar-refractivity contribution is 5.87. The van der Waals surface area contributed by atoms with Crippen LogP contribution >= 0.6 is 12.4 Å². The van der Waals surface area contributed by atoms with Gasteiger partial charge in [-0.3, -0.25) is 4.99 Å². The topological polar surface area (TPSA) is 38.4 Å². The molecule has 0 atom stereocenters. The summed E-state index contributed by atoms with van der Waals surface area (Å²) in [7, 11) is 0. The van der Waals surface area contributed by atoms with Crippen LogP contribution in [0.4, 0.5) is 0 Å². The molecule has 0 amide bonds. The Morgan fingerprint density at radius 2 is 1.65 bits per heavy atom. The summed E-state index contributed by atoms with van der Waals surface area (Å²) >= 11 is 0. The van der Waals surface area contributed by atoms with Crippen molar-refractivity contribution in [1.29, 1.82) is 0 Å². The standard InChI is InChI=1S/C14H22N2.ClH/c1-2-3-16-13(15)14-7-10-4-11(8-14)6-12(5-10)9-14;/h2,10-12H,1,3-9H2,(H2,15,16);1H. The number of aliphatic imine (C=N–C) groups is 1. The maximum absolute atomic E-state index is 6.26. The van der Waals surface area contributed by atoms with E-state index in [1.54, 1.807) is 0 Å². The fourth-order valence-electron chi connectivity index (χ4n) is 4.75. The number of nitrogens with zero attached hydrogens (tertiary/aromatic N) is 1. The molecule has 0 aromatic heterocycles. The molecule has 96 valence electrons. The van der Waals surface area contributed by atoms with Crippen LogP contribution in [0.15, 0.2) is 17.6 Å². The third-order valence-electron chi connectivity index (χ3n) is 4.97. The van der Waals surface area contributed by atoms with E-state index in [9.17, 15) is 0 Å². The normalized spacial score (nSPS) is 43.3. The summed E-state index contributed by atoms with van der Waals surface area (Å²) in [6, 6.07) is 0. The third kappa shape index (κ3) is 2.12. The minimum absolute atomic E-state index is 0. The molecule has 0 saturated heterocycles. The van der Waals surface area contributed by atoms with Crippen LogP contribution in [0.3, 0.4) is 0 Å². The largest absolute Gasteiger partial charge is 0.387 e. The second-order valence-corrected chi connectivity index (χ2v) is 6.21. The first-order valence-electron chi connectivity index (χ1n) is 6.63. The lowest BCUT2D eigenvalue weighted by atomic mass is 9.49. The predicted octanol–water partition coefficient (Wildman–Crippen LogP) is 3.17. The van der Waals surface area contributed by atoms with Crippen molar-refractivity contribution >= 4 is 18.2 Å². The zero-order valence-corrected chi connectivity index (χ0v) is 11.2. The van der Waals surface area contributed by atoms with Crippen LogP contribution in [0, 0.1) is 23.2 Å². The summed E-state index contributed by atoms with van der Waals surface area (Å²) in [5.41, 5.74) is 6.55. The maximum atomic E-state index is 6.26. The van der Waals surface area contributed by atoms with Crippen molar-refractivity contribution in [2.24, 2.45) is 33.9 Å². The van der Waals surface area contributed by atoms with Gasteiger partial charge >= 0.3 is 0 Å². The van der Waals surface area contributed by atoms with Gasteiger partial charge in [-0.05, 0) is 56.3 Å². The average Bonchev–Trinajstić information content (AvgIpc) is 2.24. The van der Waals surface area contributed by atoms with Gasteiger partial charge in [0.15, 0.2) is 0 Å². The summed E-state index contributed by atoms with van der Waals surface area (Å²) in [5, 5.41) is 0. The van der Waals surface area contributed by atoms with Gasteiger partial charge in [-0.1, -0.05) is 6.08 Å². The molecule has 3 heteroatoms. The number of hydrogen-bond donors (Lipinski definition) is 1. The van der Waals surface area contributed by atoms with E-state index in [1.807, 2.05) is 6.08 Å². The molecule has 0 aromatic carbocycles. The van der Waals surface area contributed by atoms with Crippen molar-refractivity contribution in [2.45, 2.75) is 38.5 Å². The van der Waals surface area contributed by atoms with E-state index in [0.717, 1.165) is 23.6 Å². The molecule has 2 N–H and O–H groups in total. The summed E-state index contributed by atoms with van der Waals surface area (Å²) in [4.78, 5) is 4.51. The van der Waals surface area contributed by atoms with E-state index in [4.69, 9.17) is 5.73 Å². The average molecular weight is 255 g/mol. The van der Waals surface area contributed by atoms with Crippen LogP contribution < -0.4 is 5.73 Å². The minimum atomic E-state index is 0. The molecule has 4 fully saturated rings. The number of nitrogens with two attached hydrogens (primary N) is 1. The molecule has 4 bridgehead atoms. The number of halogens is 1. The monoisotopic (exact) mass is 254 g/mol. The van der Waals surface area contributed by atoms with Gasteiger partial charge < -0.3 is 5.73 Å². The zero-order chi connectivity index (χ0) is 11.2. The van der Waals surface area contributed by atoms with E-state index >= 15 is 0 Å². The van der Waals surface area contributed by atoms with Crippen LogP contribution in [0.5, 0.6) is 0 Å². The molecular weight excluding hydrogens is 232 g/mol. The molecule has 0 spiro atoms.